The Bertz CT molecular complexity index is 855. The van der Waals surface area contributed by atoms with Crippen molar-refractivity contribution in [2.45, 2.75) is 114 Å². The lowest BCUT2D eigenvalue weighted by atomic mass is 9.92. The zero-order chi connectivity index (χ0) is 21.8. The van der Waals surface area contributed by atoms with E-state index in [1.807, 2.05) is 6.20 Å². The minimum atomic E-state index is 0.355. The van der Waals surface area contributed by atoms with Crippen LogP contribution in [0.15, 0.2) is 18.5 Å². The van der Waals surface area contributed by atoms with Crippen LogP contribution in [0.25, 0.3) is 11.3 Å². The molecule has 6 heteroatoms. The maximum Gasteiger partial charge on any atom is 0.223 e. The Kier molecular flexibility index (Phi) is 7.06. The van der Waals surface area contributed by atoms with Gasteiger partial charge in [-0.05, 0) is 69.8 Å². The number of nitrogens with zero attached hydrogens (tertiary/aromatic N) is 4. The van der Waals surface area contributed by atoms with Gasteiger partial charge in [0.1, 0.15) is 0 Å². The van der Waals surface area contributed by atoms with Gasteiger partial charge in [-0.3, -0.25) is 4.68 Å². The molecule has 6 nitrogen and oxygen atoms in total. The van der Waals surface area contributed by atoms with Crippen LogP contribution in [0.2, 0.25) is 0 Å². The quantitative estimate of drug-likeness (QED) is 0.611. The standard InChI is InChI=1S/C26H40N6/c27-20-11-13-21(14-12-20)30-26-28-16-15-24(31-26)23-18-29-32(25(23)17-19-9-10-19)22-7-5-3-1-2-4-6-8-22/h15-16,18-22H,1-14,17,27H2,(H,28,30,31). The van der Waals surface area contributed by atoms with E-state index in [0.29, 0.717) is 18.1 Å². The van der Waals surface area contributed by atoms with Crippen molar-refractivity contribution in [3.05, 3.63) is 24.2 Å². The summed E-state index contributed by atoms with van der Waals surface area (Å²) in [7, 11) is 0. The van der Waals surface area contributed by atoms with Crippen molar-refractivity contribution in [3.63, 3.8) is 0 Å². The smallest absolute Gasteiger partial charge is 0.223 e. The third-order valence-corrected chi connectivity index (χ3v) is 7.78. The van der Waals surface area contributed by atoms with Crippen molar-refractivity contribution in [2.24, 2.45) is 11.7 Å². The molecule has 174 valence electrons. The van der Waals surface area contributed by atoms with E-state index in [0.717, 1.165) is 49.7 Å². The minimum absolute atomic E-state index is 0.355. The van der Waals surface area contributed by atoms with Crippen LogP contribution in [0.4, 0.5) is 5.95 Å². The lowest BCUT2D eigenvalue weighted by molar-refractivity contribution is 0.370. The molecule has 3 N–H and O–H groups in total. The van der Waals surface area contributed by atoms with Crippen molar-refractivity contribution in [2.75, 3.05) is 5.32 Å². The normalized spacial score (nSPS) is 25.7. The number of rotatable bonds is 6. The van der Waals surface area contributed by atoms with E-state index >= 15 is 0 Å². The second-order valence-electron chi connectivity index (χ2n) is 10.5. The molecular formula is C26H40N6. The summed E-state index contributed by atoms with van der Waals surface area (Å²) in [6, 6.07) is 3.39. The Morgan fingerprint density at radius 3 is 2.34 bits per heavy atom. The third kappa shape index (κ3) is 5.51. The molecule has 3 aliphatic rings. The Hall–Kier alpha value is -1.95. The van der Waals surface area contributed by atoms with E-state index in [9.17, 15) is 0 Å². The summed E-state index contributed by atoms with van der Waals surface area (Å²) in [4.78, 5) is 9.47. The van der Waals surface area contributed by atoms with E-state index in [1.54, 1.807) is 0 Å². The summed E-state index contributed by atoms with van der Waals surface area (Å²) in [5.41, 5.74) is 9.71. The molecule has 32 heavy (non-hydrogen) atoms. The highest BCUT2D eigenvalue weighted by Gasteiger charge is 2.28. The molecule has 0 aromatic carbocycles. The molecule has 2 aromatic heterocycles. The highest BCUT2D eigenvalue weighted by molar-refractivity contribution is 5.62. The molecule has 2 aromatic rings. The predicted molar refractivity (Wildman–Crippen MR) is 130 cm³/mol. The van der Waals surface area contributed by atoms with Crippen LogP contribution in [0.3, 0.4) is 0 Å². The molecule has 0 amide bonds. The van der Waals surface area contributed by atoms with Crippen molar-refractivity contribution in [1.82, 2.24) is 19.7 Å². The highest BCUT2D eigenvalue weighted by atomic mass is 15.3. The van der Waals surface area contributed by atoms with Gasteiger partial charge in [0.15, 0.2) is 0 Å². The first-order valence-electron chi connectivity index (χ1n) is 13.2. The fourth-order valence-electron chi connectivity index (χ4n) is 5.60. The summed E-state index contributed by atoms with van der Waals surface area (Å²) in [6.45, 7) is 0. The first-order valence-corrected chi connectivity index (χ1v) is 13.2. The summed E-state index contributed by atoms with van der Waals surface area (Å²) in [5.74, 6) is 1.57. The second kappa shape index (κ2) is 10.3. The lowest BCUT2D eigenvalue weighted by Gasteiger charge is -2.26. The largest absolute Gasteiger partial charge is 0.351 e. The topological polar surface area (TPSA) is 81.6 Å². The van der Waals surface area contributed by atoms with Gasteiger partial charge in [-0.15, -0.1) is 0 Å². The predicted octanol–water partition coefficient (Wildman–Crippen LogP) is 5.65. The lowest BCUT2D eigenvalue weighted by Crippen LogP contribution is -2.33. The van der Waals surface area contributed by atoms with Gasteiger partial charge in [-0.2, -0.15) is 5.10 Å². The van der Waals surface area contributed by atoms with E-state index in [-0.39, 0.29) is 0 Å². The van der Waals surface area contributed by atoms with Crippen LogP contribution >= 0.6 is 0 Å². The molecule has 0 bridgehead atoms. The SMILES string of the molecule is NC1CCC(Nc2nccc(-c3cnn(C4CCCCCCCC4)c3CC3CC3)n2)CC1. The fraction of sp³-hybridized carbons (Fsp3) is 0.731. The Morgan fingerprint density at radius 2 is 1.62 bits per heavy atom. The molecule has 0 unspecified atom stereocenters. The van der Waals surface area contributed by atoms with Gasteiger partial charge >= 0.3 is 0 Å². The molecule has 0 aliphatic heterocycles. The summed E-state index contributed by atoms with van der Waals surface area (Å²) < 4.78 is 2.40. The molecule has 3 saturated carbocycles. The van der Waals surface area contributed by atoms with Crippen LogP contribution < -0.4 is 11.1 Å². The molecular weight excluding hydrogens is 396 g/mol. The van der Waals surface area contributed by atoms with Crippen LogP contribution in [-0.2, 0) is 6.42 Å². The molecule has 0 spiro atoms. The number of aromatic nitrogens is 4. The molecule has 5 rings (SSSR count). The van der Waals surface area contributed by atoms with Gasteiger partial charge in [0.2, 0.25) is 5.95 Å². The maximum atomic E-state index is 6.07. The molecule has 0 saturated heterocycles. The number of hydrogen-bond acceptors (Lipinski definition) is 5. The van der Waals surface area contributed by atoms with Crippen LogP contribution in [-0.4, -0.2) is 31.8 Å². The van der Waals surface area contributed by atoms with Gasteiger partial charge in [0, 0.05) is 29.5 Å². The van der Waals surface area contributed by atoms with Gasteiger partial charge in [0.05, 0.1) is 17.9 Å². The Morgan fingerprint density at radius 1 is 0.906 bits per heavy atom. The Balaban J connectivity index is 1.38. The first-order chi connectivity index (χ1) is 15.8. The number of nitrogens with one attached hydrogen (secondary N) is 1. The number of hydrogen-bond donors (Lipinski definition) is 2. The van der Waals surface area contributed by atoms with E-state index in [2.05, 4.69) is 27.2 Å². The zero-order valence-electron chi connectivity index (χ0n) is 19.5. The van der Waals surface area contributed by atoms with Crippen LogP contribution in [0.5, 0.6) is 0 Å². The third-order valence-electron chi connectivity index (χ3n) is 7.78. The molecule has 3 aliphatic carbocycles. The molecule has 0 radical (unpaired) electrons. The van der Waals surface area contributed by atoms with Crippen molar-refractivity contribution in [1.29, 1.82) is 0 Å². The van der Waals surface area contributed by atoms with E-state index in [1.165, 1.54) is 75.5 Å². The molecule has 3 fully saturated rings. The van der Waals surface area contributed by atoms with Crippen LogP contribution in [0, 0.1) is 5.92 Å². The number of anilines is 1. The van der Waals surface area contributed by atoms with Crippen molar-refractivity contribution < 1.29 is 0 Å². The molecule has 2 heterocycles. The highest BCUT2D eigenvalue weighted by Crippen LogP contribution is 2.38. The average molecular weight is 437 g/mol. The van der Waals surface area contributed by atoms with Gasteiger partial charge < -0.3 is 11.1 Å². The fourth-order valence-corrected chi connectivity index (χ4v) is 5.60. The van der Waals surface area contributed by atoms with Gasteiger partial charge in [-0.25, -0.2) is 9.97 Å². The number of nitrogens with two attached hydrogens (primary N) is 1. The first kappa shape index (κ1) is 21.9. The summed E-state index contributed by atoms with van der Waals surface area (Å²) in [5, 5.41) is 8.55. The van der Waals surface area contributed by atoms with Crippen molar-refractivity contribution in [3.8, 4) is 11.3 Å². The molecule has 0 atom stereocenters. The zero-order valence-corrected chi connectivity index (χ0v) is 19.5. The van der Waals surface area contributed by atoms with Crippen LogP contribution in [0.1, 0.15) is 102 Å². The maximum absolute atomic E-state index is 6.07. The van der Waals surface area contributed by atoms with Gasteiger partial charge in [0.25, 0.3) is 0 Å². The van der Waals surface area contributed by atoms with Gasteiger partial charge in [-0.1, -0.05) is 38.5 Å². The van der Waals surface area contributed by atoms with Crippen molar-refractivity contribution >= 4 is 5.95 Å². The monoisotopic (exact) mass is 436 g/mol. The minimum Gasteiger partial charge on any atom is -0.351 e. The van der Waals surface area contributed by atoms with E-state index in [4.69, 9.17) is 15.8 Å². The Labute approximate surface area is 192 Å². The second-order valence-corrected chi connectivity index (χ2v) is 10.5. The summed E-state index contributed by atoms with van der Waals surface area (Å²) in [6.07, 6.45) is 22.9. The van der Waals surface area contributed by atoms with E-state index < -0.39 is 0 Å². The average Bonchev–Trinajstić information content (AvgIpc) is 3.49. The summed E-state index contributed by atoms with van der Waals surface area (Å²) >= 11 is 0.